The van der Waals surface area contributed by atoms with E-state index in [1.807, 2.05) is 12.1 Å². The van der Waals surface area contributed by atoms with E-state index in [2.05, 4.69) is 57.3 Å². The molecule has 1 aliphatic rings. The quantitative estimate of drug-likeness (QED) is 0.728. The van der Waals surface area contributed by atoms with Crippen LogP contribution in [0.3, 0.4) is 0 Å². The van der Waals surface area contributed by atoms with E-state index < -0.39 is 0 Å². The summed E-state index contributed by atoms with van der Waals surface area (Å²) in [5.74, 6) is 1.58. The zero-order valence-corrected chi connectivity index (χ0v) is 16.9. The summed E-state index contributed by atoms with van der Waals surface area (Å²) in [6.07, 6.45) is 4.02. The topological polar surface area (TPSA) is 45.8 Å². The fourth-order valence-corrected chi connectivity index (χ4v) is 4.88. The average molecular weight is 368 g/mol. The maximum absolute atomic E-state index is 9.31. The minimum atomic E-state index is 0.185. The number of nitriles is 1. The maximum Gasteiger partial charge on any atom is 0.165 e. The molecular formula is C23H33N3O+2. The maximum atomic E-state index is 9.31. The third kappa shape index (κ3) is 4.43. The Hall–Kier alpha value is -2.09. The summed E-state index contributed by atoms with van der Waals surface area (Å²) >= 11 is 0. The first-order valence-corrected chi connectivity index (χ1v) is 10.2. The molecule has 1 aromatic heterocycles. The standard InChI is InChI=1S/C23H31N3O/c1-19-17-25(3)20(2)16-23(19,21-8-5-4-6-9-21)11-13-26(14-12-24)18-22-10-7-15-27-22/h4-10,15,19-20H,11,13-14,16-18H2,1-3H3/p+2/t19-,20+,23-/m1/s1. The van der Waals surface area contributed by atoms with Crippen molar-refractivity contribution in [2.24, 2.45) is 5.92 Å². The van der Waals surface area contributed by atoms with Gasteiger partial charge in [0.1, 0.15) is 12.6 Å². The van der Waals surface area contributed by atoms with Gasteiger partial charge < -0.3 is 14.2 Å². The molecular weight excluding hydrogens is 334 g/mol. The average Bonchev–Trinajstić information content (AvgIpc) is 3.17. The number of hydrogen-bond acceptors (Lipinski definition) is 2. The van der Waals surface area contributed by atoms with Gasteiger partial charge in [0.25, 0.3) is 0 Å². The predicted octanol–water partition coefficient (Wildman–Crippen LogP) is 1.46. The molecule has 4 nitrogen and oxygen atoms in total. The van der Waals surface area contributed by atoms with E-state index in [0.29, 0.717) is 18.5 Å². The summed E-state index contributed by atoms with van der Waals surface area (Å²) in [4.78, 5) is 2.92. The molecule has 2 heterocycles. The lowest BCUT2D eigenvalue weighted by Crippen LogP contribution is -3.15. The number of piperidine rings is 1. The Morgan fingerprint density at radius 2 is 2.00 bits per heavy atom. The second kappa shape index (κ2) is 8.73. The van der Waals surface area contributed by atoms with Gasteiger partial charge in [0, 0.05) is 24.2 Å². The zero-order valence-electron chi connectivity index (χ0n) is 16.9. The summed E-state index contributed by atoms with van der Waals surface area (Å²) in [5, 5.41) is 9.31. The Bertz CT molecular complexity index is 737. The molecule has 5 atom stereocenters. The van der Waals surface area contributed by atoms with Crippen LogP contribution >= 0.6 is 0 Å². The molecule has 1 fully saturated rings. The van der Waals surface area contributed by atoms with Crippen molar-refractivity contribution in [2.45, 2.75) is 44.7 Å². The first kappa shape index (κ1) is 19.7. The molecule has 2 N–H and O–H groups in total. The van der Waals surface area contributed by atoms with Crippen LogP contribution in [0.4, 0.5) is 0 Å². The second-order valence-electron chi connectivity index (χ2n) is 8.42. The van der Waals surface area contributed by atoms with E-state index in [9.17, 15) is 5.26 Å². The molecule has 2 unspecified atom stereocenters. The van der Waals surface area contributed by atoms with Gasteiger partial charge in [-0.2, -0.15) is 5.26 Å². The van der Waals surface area contributed by atoms with Crippen molar-refractivity contribution in [3.05, 3.63) is 60.1 Å². The van der Waals surface area contributed by atoms with Crippen LogP contribution in [0.25, 0.3) is 0 Å². The number of benzene rings is 1. The molecule has 0 bridgehead atoms. The summed E-state index contributed by atoms with van der Waals surface area (Å²) in [6.45, 7) is 8.27. The van der Waals surface area contributed by atoms with Crippen molar-refractivity contribution < 1.29 is 14.2 Å². The first-order valence-electron chi connectivity index (χ1n) is 10.2. The first-order chi connectivity index (χ1) is 13.0. The Kier molecular flexibility index (Phi) is 6.36. The molecule has 27 heavy (non-hydrogen) atoms. The van der Waals surface area contributed by atoms with Gasteiger partial charge in [0.15, 0.2) is 12.3 Å². The second-order valence-corrected chi connectivity index (χ2v) is 8.42. The third-order valence-corrected chi connectivity index (χ3v) is 6.69. The van der Waals surface area contributed by atoms with Gasteiger partial charge in [0.05, 0.1) is 32.4 Å². The number of hydrogen-bond donors (Lipinski definition) is 2. The smallest absolute Gasteiger partial charge is 0.165 e. The summed E-state index contributed by atoms with van der Waals surface area (Å²) in [7, 11) is 2.32. The van der Waals surface area contributed by atoms with Gasteiger partial charge in [-0.3, -0.25) is 0 Å². The minimum Gasteiger partial charge on any atom is -0.463 e. The number of likely N-dealkylation sites (tertiary alicyclic amines) is 1. The van der Waals surface area contributed by atoms with Crippen molar-refractivity contribution in [1.29, 1.82) is 5.26 Å². The van der Waals surface area contributed by atoms with Crippen molar-refractivity contribution in [1.82, 2.24) is 0 Å². The normalized spacial score (nSPS) is 29.2. The molecule has 0 spiro atoms. The molecule has 1 aromatic carbocycles. The number of quaternary nitrogens is 2. The van der Waals surface area contributed by atoms with Gasteiger partial charge in [-0.25, -0.2) is 0 Å². The van der Waals surface area contributed by atoms with Crippen LogP contribution in [-0.2, 0) is 12.0 Å². The van der Waals surface area contributed by atoms with Gasteiger partial charge in [-0.1, -0.05) is 37.3 Å². The monoisotopic (exact) mass is 367 g/mol. The van der Waals surface area contributed by atoms with Crippen LogP contribution in [0.1, 0.15) is 38.0 Å². The van der Waals surface area contributed by atoms with Crippen LogP contribution in [0.2, 0.25) is 0 Å². The highest BCUT2D eigenvalue weighted by Crippen LogP contribution is 2.40. The lowest BCUT2D eigenvalue weighted by Gasteiger charge is -2.47. The van der Waals surface area contributed by atoms with Gasteiger partial charge in [-0.15, -0.1) is 0 Å². The van der Waals surface area contributed by atoms with E-state index in [1.165, 1.54) is 23.4 Å². The molecule has 0 radical (unpaired) electrons. The van der Waals surface area contributed by atoms with Crippen LogP contribution in [0, 0.1) is 17.2 Å². The molecule has 1 aliphatic heterocycles. The molecule has 0 amide bonds. The number of nitrogens with zero attached hydrogens (tertiary/aromatic N) is 1. The molecule has 144 valence electrons. The molecule has 0 aliphatic carbocycles. The fraction of sp³-hybridized carbons (Fsp3) is 0.522. The summed E-state index contributed by atoms with van der Waals surface area (Å²) < 4.78 is 5.53. The predicted molar refractivity (Wildman–Crippen MR) is 106 cm³/mol. The van der Waals surface area contributed by atoms with Crippen molar-refractivity contribution >= 4 is 0 Å². The van der Waals surface area contributed by atoms with E-state index >= 15 is 0 Å². The van der Waals surface area contributed by atoms with Crippen molar-refractivity contribution in [2.75, 3.05) is 26.7 Å². The van der Waals surface area contributed by atoms with Crippen LogP contribution < -0.4 is 9.80 Å². The Labute approximate surface area is 163 Å². The van der Waals surface area contributed by atoms with Crippen molar-refractivity contribution in [3.8, 4) is 6.07 Å². The Morgan fingerprint density at radius 1 is 1.22 bits per heavy atom. The van der Waals surface area contributed by atoms with Crippen LogP contribution in [-0.4, -0.2) is 32.7 Å². The minimum absolute atomic E-state index is 0.185. The largest absolute Gasteiger partial charge is 0.463 e. The molecule has 3 rings (SSSR count). The van der Waals surface area contributed by atoms with E-state index in [1.54, 1.807) is 11.2 Å². The van der Waals surface area contributed by atoms with Crippen molar-refractivity contribution in [3.63, 3.8) is 0 Å². The molecule has 2 aromatic rings. The summed E-state index contributed by atoms with van der Waals surface area (Å²) in [5.41, 5.74) is 1.65. The van der Waals surface area contributed by atoms with E-state index in [-0.39, 0.29) is 5.41 Å². The highest BCUT2D eigenvalue weighted by atomic mass is 16.3. The highest BCUT2D eigenvalue weighted by Gasteiger charge is 2.46. The fourth-order valence-electron chi connectivity index (χ4n) is 4.88. The highest BCUT2D eigenvalue weighted by molar-refractivity contribution is 5.27. The van der Waals surface area contributed by atoms with Gasteiger partial charge in [0.2, 0.25) is 0 Å². The van der Waals surface area contributed by atoms with Crippen LogP contribution in [0.15, 0.2) is 53.1 Å². The van der Waals surface area contributed by atoms with Gasteiger partial charge >= 0.3 is 0 Å². The molecule has 0 saturated carbocycles. The van der Waals surface area contributed by atoms with Crippen LogP contribution in [0.5, 0.6) is 0 Å². The number of nitrogens with one attached hydrogen (secondary N) is 2. The van der Waals surface area contributed by atoms with E-state index in [0.717, 1.165) is 25.3 Å². The number of rotatable bonds is 7. The SMILES string of the molecule is C[C@@H]1C[NH+](C)[C@@H](C)C[C@@]1(CC[NH+](CC#N)Cc1ccco1)c1ccccc1. The zero-order chi connectivity index (χ0) is 19.3. The van der Waals surface area contributed by atoms with E-state index in [4.69, 9.17) is 4.42 Å². The summed E-state index contributed by atoms with van der Waals surface area (Å²) in [6, 6.07) is 18.0. The Morgan fingerprint density at radius 3 is 2.67 bits per heavy atom. The lowest BCUT2D eigenvalue weighted by atomic mass is 9.63. The van der Waals surface area contributed by atoms with Gasteiger partial charge in [-0.05, 0) is 24.6 Å². The number of furan rings is 1. The Balaban J connectivity index is 1.82. The lowest BCUT2D eigenvalue weighted by molar-refractivity contribution is -0.918. The third-order valence-electron chi connectivity index (χ3n) is 6.69. The molecule has 1 saturated heterocycles. The molecule has 4 heteroatoms.